The third-order valence-electron chi connectivity index (χ3n) is 6.60. The van der Waals surface area contributed by atoms with E-state index in [-0.39, 0.29) is 35.3 Å². The van der Waals surface area contributed by atoms with Crippen LogP contribution in [-0.2, 0) is 6.54 Å². The number of carbonyl (C=O) groups is 1. The van der Waals surface area contributed by atoms with E-state index in [1.807, 2.05) is 39.8 Å². The van der Waals surface area contributed by atoms with Gasteiger partial charge < -0.3 is 19.8 Å². The first-order valence-corrected chi connectivity index (χ1v) is 12.4. The second-order valence-corrected chi connectivity index (χ2v) is 10.7. The van der Waals surface area contributed by atoms with E-state index in [2.05, 4.69) is 15.6 Å². The van der Waals surface area contributed by atoms with Crippen LogP contribution in [0.1, 0.15) is 54.3 Å². The van der Waals surface area contributed by atoms with E-state index in [1.165, 1.54) is 12.0 Å². The van der Waals surface area contributed by atoms with Crippen LogP contribution in [0, 0.1) is 12.3 Å². The van der Waals surface area contributed by atoms with Crippen molar-refractivity contribution in [2.24, 2.45) is 5.41 Å². The van der Waals surface area contributed by atoms with Gasteiger partial charge in [-0.1, -0.05) is 38.4 Å². The minimum Gasteiger partial charge on any atom is -0.481 e. The van der Waals surface area contributed by atoms with Crippen LogP contribution in [-0.4, -0.2) is 18.0 Å². The van der Waals surface area contributed by atoms with Crippen molar-refractivity contribution in [1.82, 2.24) is 4.98 Å². The summed E-state index contributed by atoms with van der Waals surface area (Å²) >= 11 is 6.46. The molecule has 1 aliphatic rings. The monoisotopic (exact) mass is 534 g/mol. The summed E-state index contributed by atoms with van der Waals surface area (Å²) in [5.41, 5.74) is -0.139. The van der Waals surface area contributed by atoms with Gasteiger partial charge in [-0.25, -0.2) is 0 Å². The highest BCUT2D eigenvalue weighted by molar-refractivity contribution is 6.33. The van der Waals surface area contributed by atoms with Crippen molar-refractivity contribution in [3.63, 3.8) is 0 Å². The molecule has 2 N–H and O–H groups in total. The van der Waals surface area contributed by atoms with Crippen LogP contribution >= 0.6 is 11.6 Å². The fourth-order valence-electron chi connectivity index (χ4n) is 4.59. The van der Waals surface area contributed by atoms with Gasteiger partial charge in [-0.2, -0.15) is 4.98 Å². The maximum atomic E-state index is 13.5. The number of fused-ring (bicyclic) bond motifs is 1. The zero-order valence-corrected chi connectivity index (χ0v) is 22.4. The van der Waals surface area contributed by atoms with Gasteiger partial charge in [-0.05, 0) is 42.7 Å². The van der Waals surface area contributed by atoms with Gasteiger partial charge in [-0.15, -0.1) is 0 Å². The van der Waals surface area contributed by atoms with Gasteiger partial charge in [0.1, 0.15) is 28.7 Å². The van der Waals surface area contributed by atoms with Crippen molar-refractivity contribution in [3.8, 4) is 5.88 Å². The molecule has 0 unspecified atom stereocenters. The lowest BCUT2D eigenvalue weighted by molar-refractivity contribution is 0.0996. The number of nitrogens with zero attached hydrogens (tertiary/aromatic N) is 2. The summed E-state index contributed by atoms with van der Waals surface area (Å²) in [6.45, 7) is 8.06. The standard InChI is InChI=1S/C28H27ClN4O5/c1-14-9-12-18(38-14)26(28(2,3)4)32-23-22(24(34)25(23)35)30-17-11-10-16(29)15-13-33(27(36)21(15)17)19-7-6-8-20(31-19)37-5/h6-12,26,30,32H,13H2,1-5H3/t26-/m0/s1. The van der Waals surface area contributed by atoms with Gasteiger partial charge in [-0.3, -0.25) is 19.3 Å². The summed E-state index contributed by atoms with van der Waals surface area (Å²) in [7, 11) is 1.50. The number of hydrogen-bond acceptors (Lipinski definition) is 8. The molecule has 0 radical (unpaired) electrons. The highest BCUT2D eigenvalue weighted by atomic mass is 35.5. The normalized spacial score (nSPS) is 14.1. The Morgan fingerprint density at radius 3 is 2.45 bits per heavy atom. The van der Waals surface area contributed by atoms with Crippen LogP contribution in [0.4, 0.5) is 22.9 Å². The molecule has 5 rings (SSSR count). The number of benzene rings is 1. The first-order valence-electron chi connectivity index (χ1n) is 12.1. The van der Waals surface area contributed by atoms with Crippen LogP contribution in [0.2, 0.25) is 5.02 Å². The zero-order chi connectivity index (χ0) is 27.4. The van der Waals surface area contributed by atoms with Gasteiger partial charge in [0.05, 0.1) is 30.9 Å². The summed E-state index contributed by atoms with van der Waals surface area (Å²) in [4.78, 5) is 44.7. The van der Waals surface area contributed by atoms with Crippen LogP contribution in [0.3, 0.4) is 0 Å². The fourth-order valence-corrected chi connectivity index (χ4v) is 4.81. The number of halogens is 1. The molecule has 1 amide bonds. The molecule has 2 aromatic carbocycles. The lowest BCUT2D eigenvalue weighted by atomic mass is 9.85. The highest BCUT2D eigenvalue weighted by Crippen LogP contribution is 2.40. The van der Waals surface area contributed by atoms with Gasteiger partial charge >= 0.3 is 0 Å². The van der Waals surface area contributed by atoms with Gasteiger partial charge in [0.15, 0.2) is 0 Å². The molecule has 0 fully saturated rings. The van der Waals surface area contributed by atoms with Crippen molar-refractivity contribution < 1.29 is 13.9 Å². The molecule has 0 saturated heterocycles. The molecule has 2 aromatic heterocycles. The predicted octanol–water partition coefficient (Wildman–Crippen LogP) is 5.34. The Balaban J connectivity index is 1.49. The number of pyridine rings is 1. The van der Waals surface area contributed by atoms with Gasteiger partial charge in [0, 0.05) is 16.7 Å². The van der Waals surface area contributed by atoms with Crippen LogP contribution in [0.5, 0.6) is 5.88 Å². The highest BCUT2D eigenvalue weighted by Gasteiger charge is 2.36. The molecule has 196 valence electrons. The fraction of sp³-hybridized carbons (Fsp3) is 0.286. The SMILES string of the molecule is COc1cccc(N2Cc3c(Cl)ccc(Nc4c(N[C@@H](c5ccc(C)o5)C(C)(C)C)c(=O)c4=O)c3C2=O)n1. The maximum Gasteiger partial charge on any atom is 0.262 e. The minimum absolute atomic E-state index is 0.0859. The van der Waals surface area contributed by atoms with Crippen LogP contribution in [0.25, 0.3) is 0 Å². The Morgan fingerprint density at radius 1 is 1.05 bits per heavy atom. The van der Waals surface area contributed by atoms with E-state index in [4.69, 9.17) is 20.8 Å². The Labute approximate surface area is 224 Å². The van der Waals surface area contributed by atoms with E-state index >= 15 is 0 Å². The molecule has 1 atom stereocenters. The van der Waals surface area contributed by atoms with E-state index in [9.17, 15) is 14.4 Å². The zero-order valence-electron chi connectivity index (χ0n) is 21.6. The van der Waals surface area contributed by atoms with Crippen molar-refractivity contribution in [2.75, 3.05) is 22.6 Å². The summed E-state index contributed by atoms with van der Waals surface area (Å²) in [5, 5.41) is 6.67. The van der Waals surface area contributed by atoms with Crippen LogP contribution < -0.4 is 31.1 Å². The molecule has 10 heteroatoms. The topological polar surface area (TPSA) is 114 Å². The molecule has 1 aliphatic heterocycles. The van der Waals surface area contributed by atoms with E-state index in [1.54, 1.807) is 30.3 Å². The van der Waals surface area contributed by atoms with E-state index < -0.39 is 10.9 Å². The Bertz CT molecular complexity index is 1630. The van der Waals surface area contributed by atoms with Crippen molar-refractivity contribution in [2.45, 2.75) is 40.3 Å². The molecule has 0 aliphatic carbocycles. The predicted molar refractivity (Wildman–Crippen MR) is 147 cm³/mol. The molecule has 3 heterocycles. The second kappa shape index (κ2) is 9.33. The minimum atomic E-state index is -0.670. The molecule has 0 bridgehead atoms. The van der Waals surface area contributed by atoms with Crippen molar-refractivity contribution in [3.05, 3.63) is 90.6 Å². The molecular weight excluding hydrogens is 508 g/mol. The number of anilines is 4. The molecule has 4 aromatic rings. The molecule has 0 saturated carbocycles. The Hall–Kier alpha value is -4.11. The molecule has 9 nitrogen and oxygen atoms in total. The van der Waals surface area contributed by atoms with Gasteiger partial charge in [0.2, 0.25) is 5.88 Å². The number of nitrogens with one attached hydrogen (secondary N) is 2. The summed E-state index contributed by atoms with van der Waals surface area (Å²) < 4.78 is 11.0. The number of rotatable bonds is 7. The Kier molecular flexibility index (Phi) is 6.27. The van der Waals surface area contributed by atoms with Crippen LogP contribution in [0.15, 0.2) is 56.5 Å². The number of aromatic nitrogens is 1. The first-order chi connectivity index (χ1) is 18.0. The quantitative estimate of drug-likeness (QED) is 0.305. The van der Waals surface area contributed by atoms with Gasteiger partial charge in [0.25, 0.3) is 16.8 Å². The molecule has 38 heavy (non-hydrogen) atoms. The smallest absolute Gasteiger partial charge is 0.262 e. The number of hydrogen-bond donors (Lipinski definition) is 2. The maximum absolute atomic E-state index is 13.5. The lowest BCUT2D eigenvalue weighted by Gasteiger charge is -2.31. The second-order valence-electron chi connectivity index (χ2n) is 10.3. The van der Waals surface area contributed by atoms with Crippen molar-refractivity contribution >= 4 is 40.4 Å². The third kappa shape index (κ3) is 4.32. The average molecular weight is 535 g/mol. The number of furan rings is 1. The number of amides is 1. The molecule has 0 spiro atoms. The Morgan fingerprint density at radius 2 is 1.79 bits per heavy atom. The first kappa shape index (κ1) is 25.5. The number of ether oxygens (including phenoxy) is 1. The van der Waals surface area contributed by atoms with Crippen molar-refractivity contribution in [1.29, 1.82) is 0 Å². The summed E-state index contributed by atoms with van der Waals surface area (Å²) in [6.07, 6.45) is 0. The van der Waals surface area contributed by atoms with E-state index in [0.29, 0.717) is 39.3 Å². The third-order valence-corrected chi connectivity index (χ3v) is 6.95. The lowest BCUT2D eigenvalue weighted by Crippen LogP contribution is -2.39. The largest absolute Gasteiger partial charge is 0.481 e. The van der Waals surface area contributed by atoms with E-state index in [0.717, 1.165) is 5.76 Å². The number of methoxy groups -OCH3 is 1. The summed E-state index contributed by atoms with van der Waals surface area (Å²) in [6, 6.07) is 11.7. The number of aryl methyl sites for hydroxylation is 1. The molecular formula is C28H27ClN4O5. The number of carbonyl (C=O) groups excluding carboxylic acids is 1. The average Bonchev–Trinajstić information content (AvgIpc) is 3.47. The summed E-state index contributed by atoms with van der Waals surface area (Å²) in [5.74, 6) is 1.83.